The Bertz CT molecular complexity index is 1290. The third-order valence-electron chi connectivity index (χ3n) is 4.87. The predicted octanol–water partition coefficient (Wildman–Crippen LogP) is 5.29. The summed E-state index contributed by atoms with van der Waals surface area (Å²) in [4.78, 5) is 16.8. The highest BCUT2D eigenvalue weighted by Crippen LogP contribution is 2.28. The molecule has 0 aliphatic carbocycles. The van der Waals surface area contributed by atoms with Gasteiger partial charge < -0.3 is 19.5 Å². The van der Waals surface area contributed by atoms with E-state index in [0.717, 1.165) is 16.8 Å². The Morgan fingerprint density at radius 2 is 1.80 bits per heavy atom. The molecule has 0 bridgehead atoms. The smallest absolute Gasteiger partial charge is 0.262 e. The molecule has 1 aromatic heterocycles. The Morgan fingerprint density at radius 3 is 2.54 bits per heavy atom. The molecular weight excluding hydrogens is 464 g/mol. The van der Waals surface area contributed by atoms with E-state index in [1.807, 2.05) is 41.8 Å². The Morgan fingerprint density at radius 1 is 1.00 bits per heavy atom. The number of nitrogens with zero attached hydrogens (tertiary/aromatic N) is 2. The van der Waals surface area contributed by atoms with Crippen LogP contribution in [0.25, 0.3) is 11.3 Å². The summed E-state index contributed by atoms with van der Waals surface area (Å²) in [5, 5.41) is 9.70. The van der Waals surface area contributed by atoms with Crippen molar-refractivity contribution in [3.8, 4) is 28.5 Å². The molecular formula is C26H24N4O4S. The molecule has 2 N–H and O–H groups in total. The van der Waals surface area contributed by atoms with Gasteiger partial charge in [0.25, 0.3) is 5.91 Å². The largest absolute Gasteiger partial charge is 0.497 e. The number of nitrogens with one attached hydrogen (secondary N) is 2. The van der Waals surface area contributed by atoms with Crippen molar-refractivity contribution in [1.29, 1.82) is 0 Å². The minimum atomic E-state index is -0.287. The highest BCUT2D eigenvalue weighted by Gasteiger charge is 2.09. The minimum Gasteiger partial charge on any atom is -0.497 e. The minimum absolute atomic E-state index is 0.162. The van der Waals surface area contributed by atoms with E-state index in [4.69, 9.17) is 14.2 Å². The first-order valence-electron chi connectivity index (χ1n) is 10.7. The number of benzene rings is 3. The van der Waals surface area contributed by atoms with Gasteiger partial charge in [0.05, 0.1) is 26.1 Å². The average Bonchev–Trinajstić information content (AvgIpc) is 3.38. The first-order valence-corrected chi connectivity index (χ1v) is 11.6. The van der Waals surface area contributed by atoms with Gasteiger partial charge >= 0.3 is 0 Å². The van der Waals surface area contributed by atoms with Crippen LogP contribution in [-0.2, 0) is 4.79 Å². The zero-order chi connectivity index (χ0) is 24.5. The van der Waals surface area contributed by atoms with Crippen LogP contribution < -0.4 is 25.0 Å². The topological polar surface area (TPSA) is 94.1 Å². The van der Waals surface area contributed by atoms with Crippen molar-refractivity contribution in [1.82, 2.24) is 4.98 Å². The number of hydrazone groups is 1. The lowest BCUT2D eigenvalue weighted by molar-refractivity contribution is -0.118. The number of amides is 1. The molecule has 1 amide bonds. The van der Waals surface area contributed by atoms with Gasteiger partial charge in [0.2, 0.25) is 5.13 Å². The molecule has 1 heterocycles. The number of thiazole rings is 1. The Balaban J connectivity index is 1.31. The lowest BCUT2D eigenvalue weighted by Crippen LogP contribution is -2.20. The summed E-state index contributed by atoms with van der Waals surface area (Å²) < 4.78 is 16.2. The first-order chi connectivity index (χ1) is 17.1. The molecule has 0 aliphatic rings. The number of anilines is 2. The number of carbonyl (C=O) groups excluding carboxylic acids is 1. The van der Waals surface area contributed by atoms with Crippen molar-refractivity contribution in [3.63, 3.8) is 0 Å². The highest BCUT2D eigenvalue weighted by molar-refractivity contribution is 7.14. The van der Waals surface area contributed by atoms with Gasteiger partial charge in [-0.1, -0.05) is 30.3 Å². The second kappa shape index (κ2) is 11.7. The standard InChI is InChI=1S/C26H24N4O4S/c1-32-21-11-9-20(10-12-21)28-25(31)16-34-23-13-8-18(14-24(23)33-2)15-27-30-26-29-22(17-35-26)19-6-4-3-5-7-19/h3-15,17H,16H2,1-2H3,(H,28,31)(H,29,30). The van der Waals surface area contributed by atoms with E-state index in [1.165, 1.54) is 11.3 Å². The number of aromatic nitrogens is 1. The Hall–Kier alpha value is -4.37. The fourth-order valence-corrected chi connectivity index (χ4v) is 3.80. The van der Waals surface area contributed by atoms with Crippen molar-refractivity contribution in [2.24, 2.45) is 5.10 Å². The van der Waals surface area contributed by atoms with Crippen LogP contribution >= 0.6 is 11.3 Å². The normalized spacial score (nSPS) is 10.7. The van der Waals surface area contributed by atoms with Crippen molar-refractivity contribution in [2.45, 2.75) is 0 Å². The summed E-state index contributed by atoms with van der Waals surface area (Å²) in [7, 11) is 3.13. The van der Waals surface area contributed by atoms with Crippen molar-refractivity contribution in [3.05, 3.63) is 83.7 Å². The van der Waals surface area contributed by atoms with Crippen LogP contribution in [0.5, 0.6) is 17.2 Å². The van der Waals surface area contributed by atoms with E-state index in [9.17, 15) is 4.79 Å². The average molecular weight is 489 g/mol. The molecule has 9 heteroatoms. The molecule has 0 fully saturated rings. The predicted molar refractivity (Wildman–Crippen MR) is 139 cm³/mol. The molecule has 0 unspecified atom stereocenters. The van der Waals surface area contributed by atoms with E-state index >= 15 is 0 Å². The summed E-state index contributed by atoms with van der Waals surface area (Å²) in [6.45, 7) is -0.162. The number of carbonyl (C=O) groups is 1. The summed E-state index contributed by atoms with van der Waals surface area (Å²) >= 11 is 1.48. The fraction of sp³-hybridized carbons (Fsp3) is 0.115. The number of rotatable bonds is 10. The van der Waals surface area contributed by atoms with E-state index in [2.05, 4.69) is 20.8 Å². The van der Waals surface area contributed by atoms with E-state index in [0.29, 0.717) is 28.1 Å². The first kappa shape index (κ1) is 23.8. The molecule has 0 spiro atoms. The molecule has 0 aliphatic heterocycles. The van der Waals surface area contributed by atoms with Gasteiger partial charge in [-0.15, -0.1) is 11.3 Å². The Labute approximate surface area is 207 Å². The van der Waals surface area contributed by atoms with Crippen molar-refractivity contribution >= 4 is 34.3 Å². The van der Waals surface area contributed by atoms with Crippen LogP contribution in [0, 0.1) is 0 Å². The number of ether oxygens (including phenoxy) is 3. The molecule has 35 heavy (non-hydrogen) atoms. The number of hydrogen-bond donors (Lipinski definition) is 2. The maximum absolute atomic E-state index is 12.2. The number of methoxy groups -OCH3 is 2. The molecule has 178 valence electrons. The lowest BCUT2D eigenvalue weighted by Gasteiger charge is -2.11. The molecule has 8 nitrogen and oxygen atoms in total. The number of hydrogen-bond acceptors (Lipinski definition) is 8. The van der Waals surface area contributed by atoms with Crippen LogP contribution in [0.1, 0.15) is 5.56 Å². The third kappa shape index (κ3) is 6.58. The molecule has 0 atom stereocenters. The van der Waals surface area contributed by atoms with E-state index in [1.54, 1.807) is 56.8 Å². The molecule has 4 rings (SSSR count). The second-order valence-electron chi connectivity index (χ2n) is 7.25. The molecule has 0 saturated heterocycles. The van der Waals surface area contributed by atoms with Crippen LogP contribution in [-0.4, -0.2) is 37.9 Å². The zero-order valence-electron chi connectivity index (χ0n) is 19.2. The lowest BCUT2D eigenvalue weighted by atomic mass is 10.2. The maximum atomic E-state index is 12.2. The maximum Gasteiger partial charge on any atom is 0.262 e. The highest BCUT2D eigenvalue weighted by atomic mass is 32.1. The molecule has 4 aromatic rings. The van der Waals surface area contributed by atoms with Crippen LogP contribution in [0.2, 0.25) is 0 Å². The van der Waals surface area contributed by atoms with Crippen molar-refractivity contribution in [2.75, 3.05) is 31.6 Å². The van der Waals surface area contributed by atoms with Crippen LogP contribution in [0.4, 0.5) is 10.8 Å². The summed E-state index contributed by atoms with van der Waals surface area (Å²) in [5.41, 5.74) is 6.35. The van der Waals surface area contributed by atoms with Crippen LogP contribution in [0.3, 0.4) is 0 Å². The van der Waals surface area contributed by atoms with Gasteiger partial charge in [0.15, 0.2) is 18.1 Å². The summed E-state index contributed by atoms with van der Waals surface area (Å²) in [6, 6.07) is 22.3. The van der Waals surface area contributed by atoms with Crippen LogP contribution in [0.15, 0.2) is 83.3 Å². The molecule has 0 radical (unpaired) electrons. The van der Waals surface area contributed by atoms with Gasteiger partial charge in [-0.05, 0) is 48.0 Å². The SMILES string of the molecule is COc1ccc(NC(=O)COc2ccc(C=NNc3nc(-c4ccccc4)cs3)cc2OC)cc1. The third-order valence-corrected chi connectivity index (χ3v) is 5.61. The van der Waals surface area contributed by atoms with E-state index in [-0.39, 0.29) is 12.5 Å². The molecule has 0 saturated carbocycles. The quantitative estimate of drug-likeness (QED) is 0.233. The van der Waals surface area contributed by atoms with Crippen molar-refractivity contribution < 1.29 is 19.0 Å². The summed E-state index contributed by atoms with van der Waals surface area (Å²) in [5.74, 6) is 1.37. The Kier molecular flexibility index (Phi) is 7.92. The van der Waals surface area contributed by atoms with Gasteiger partial charge in [-0.2, -0.15) is 5.10 Å². The van der Waals surface area contributed by atoms with Gasteiger partial charge in [0.1, 0.15) is 5.75 Å². The van der Waals surface area contributed by atoms with Gasteiger partial charge in [-0.25, -0.2) is 4.98 Å². The van der Waals surface area contributed by atoms with Gasteiger partial charge in [0, 0.05) is 16.6 Å². The fourth-order valence-electron chi connectivity index (χ4n) is 3.13. The monoisotopic (exact) mass is 488 g/mol. The van der Waals surface area contributed by atoms with Gasteiger partial charge in [-0.3, -0.25) is 10.2 Å². The van der Waals surface area contributed by atoms with E-state index < -0.39 is 0 Å². The second-order valence-corrected chi connectivity index (χ2v) is 8.11. The summed E-state index contributed by atoms with van der Waals surface area (Å²) in [6.07, 6.45) is 1.66. The zero-order valence-corrected chi connectivity index (χ0v) is 20.0. The molecule has 3 aromatic carbocycles.